The number of carbonyl (C=O) groups is 2. The number of hydrogen-bond acceptors (Lipinski definition) is 4. The van der Waals surface area contributed by atoms with Crippen LogP contribution in [0.25, 0.3) is 0 Å². The lowest BCUT2D eigenvalue weighted by Crippen LogP contribution is -2.31. The Bertz CT molecular complexity index is 516. The quantitative estimate of drug-likeness (QED) is 0.869. The third kappa shape index (κ3) is 2.64. The molecule has 2 heterocycles. The summed E-state index contributed by atoms with van der Waals surface area (Å²) in [6.07, 6.45) is 7.08. The lowest BCUT2D eigenvalue weighted by atomic mass is 9.92. The van der Waals surface area contributed by atoms with Crippen LogP contribution >= 0.6 is 0 Å². The van der Waals surface area contributed by atoms with E-state index in [1.165, 1.54) is 0 Å². The summed E-state index contributed by atoms with van der Waals surface area (Å²) in [7, 11) is 0. The molecule has 0 aromatic carbocycles. The molecule has 2 fully saturated rings. The predicted octanol–water partition coefficient (Wildman–Crippen LogP) is 0.588. The van der Waals surface area contributed by atoms with Crippen molar-refractivity contribution in [3.05, 3.63) is 24.3 Å². The maximum Gasteiger partial charge on any atom is 0.308 e. The van der Waals surface area contributed by atoms with E-state index >= 15 is 0 Å². The molecule has 0 spiro atoms. The molecule has 0 bridgehead atoms. The Kier molecular flexibility index (Phi) is 3.38. The Morgan fingerprint density at radius 2 is 2.10 bits per heavy atom. The highest BCUT2D eigenvalue weighted by molar-refractivity contribution is 5.80. The second kappa shape index (κ2) is 5.19. The number of hydrogen-bond donors (Lipinski definition) is 1. The Balaban J connectivity index is 1.65. The van der Waals surface area contributed by atoms with E-state index < -0.39 is 11.9 Å². The minimum atomic E-state index is -0.781. The van der Waals surface area contributed by atoms with Crippen LogP contribution in [0.15, 0.2) is 18.6 Å². The van der Waals surface area contributed by atoms with Crippen LogP contribution in [-0.2, 0) is 16.0 Å². The Hall–Kier alpha value is -1.98. The molecular weight excluding hydrogens is 258 g/mol. The highest BCUT2D eigenvalue weighted by atomic mass is 16.4. The van der Waals surface area contributed by atoms with Crippen LogP contribution in [0.1, 0.15) is 18.5 Å². The number of carboxylic acids is 1. The van der Waals surface area contributed by atoms with Crippen molar-refractivity contribution in [2.24, 2.45) is 17.8 Å². The fourth-order valence-electron chi connectivity index (χ4n) is 2.98. The SMILES string of the molecule is O=C(O)[C@@H]1CN(C(=O)Cc2cnccn2)C[C@H]1C1CC1. The zero-order valence-corrected chi connectivity index (χ0v) is 11.1. The van der Waals surface area contributed by atoms with E-state index in [9.17, 15) is 14.7 Å². The summed E-state index contributed by atoms with van der Waals surface area (Å²) in [5, 5.41) is 9.29. The van der Waals surface area contributed by atoms with E-state index in [1.807, 2.05) is 0 Å². The number of nitrogens with zero attached hydrogens (tertiary/aromatic N) is 3. The Morgan fingerprint density at radius 1 is 1.30 bits per heavy atom. The number of carbonyl (C=O) groups excluding carboxylic acids is 1. The van der Waals surface area contributed by atoms with Crippen LogP contribution in [-0.4, -0.2) is 44.9 Å². The number of carboxylic acid groups (broad SMARTS) is 1. The molecule has 106 valence electrons. The first kappa shape index (κ1) is 13.0. The first-order chi connectivity index (χ1) is 9.65. The predicted molar refractivity (Wildman–Crippen MR) is 69.7 cm³/mol. The van der Waals surface area contributed by atoms with Gasteiger partial charge in [-0.25, -0.2) is 0 Å². The molecule has 1 aromatic heterocycles. The average molecular weight is 275 g/mol. The summed E-state index contributed by atoms with van der Waals surface area (Å²) >= 11 is 0. The first-order valence-corrected chi connectivity index (χ1v) is 6.90. The number of rotatable bonds is 4. The summed E-state index contributed by atoms with van der Waals surface area (Å²) in [5.74, 6) is -0.631. The van der Waals surface area contributed by atoms with Crippen molar-refractivity contribution in [1.29, 1.82) is 0 Å². The molecular formula is C14H17N3O3. The van der Waals surface area contributed by atoms with E-state index in [0.29, 0.717) is 24.7 Å². The smallest absolute Gasteiger partial charge is 0.308 e. The van der Waals surface area contributed by atoms with Crippen molar-refractivity contribution < 1.29 is 14.7 Å². The van der Waals surface area contributed by atoms with Crippen molar-refractivity contribution in [3.63, 3.8) is 0 Å². The van der Waals surface area contributed by atoms with Gasteiger partial charge < -0.3 is 10.0 Å². The van der Waals surface area contributed by atoms with Crippen LogP contribution in [0.4, 0.5) is 0 Å². The zero-order valence-electron chi connectivity index (χ0n) is 11.1. The first-order valence-electron chi connectivity index (χ1n) is 6.90. The van der Waals surface area contributed by atoms with Gasteiger partial charge in [0.1, 0.15) is 0 Å². The lowest BCUT2D eigenvalue weighted by Gasteiger charge is -2.15. The topological polar surface area (TPSA) is 83.4 Å². The van der Waals surface area contributed by atoms with Gasteiger partial charge in [0, 0.05) is 31.7 Å². The molecule has 0 radical (unpaired) electrons. The molecule has 3 rings (SSSR count). The molecule has 6 heteroatoms. The monoisotopic (exact) mass is 275 g/mol. The lowest BCUT2D eigenvalue weighted by molar-refractivity contribution is -0.142. The van der Waals surface area contributed by atoms with Crippen molar-refractivity contribution >= 4 is 11.9 Å². The normalized spacial score (nSPS) is 25.7. The van der Waals surface area contributed by atoms with E-state index in [1.54, 1.807) is 23.5 Å². The molecule has 1 amide bonds. The van der Waals surface area contributed by atoms with Crippen molar-refractivity contribution in [1.82, 2.24) is 14.9 Å². The van der Waals surface area contributed by atoms with Crippen LogP contribution in [0.2, 0.25) is 0 Å². The molecule has 2 aliphatic rings. The maximum atomic E-state index is 12.2. The van der Waals surface area contributed by atoms with E-state index in [4.69, 9.17) is 0 Å². The molecule has 2 atom stereocenters. The zero-order chi connectivity index (χ0) is 14.1. The van der Waals surface area contributed by atoms with Gasteiger partial charge in [-0.05, 0) is 24.7 Å². The second-order valence-electron chi connectivity index (χ2n) is 5.62. The van der Waals surface area contributed by atoms with Gasteiger partial charge in [-0.15, -0.1) is 0 Å². The van der Waals surface area contributed by atoms with Crippen LogP contribution in [0.3, 0.4) is 0 Å². The summed E-state index contributed by atoms with van der Waals surface area (Å²) in [5.41, 5.74) is 0.624. The van der Waals surface area contributed by atoms with E-state index in [0.717, 1.165) is 12.8 Å². The fraction of sp³-hybridized carbons (Fsp3) is 0.571. The Labute approximate surface area is 116 Å². The van der Waals surface area contributed by atoms with Crippen molar-refractivity contribution in [2.45, 2.75) is 19.3 Å². The van der Waals surface area contributed by atoms with Crippen molar-refractivity contribution in [3.8, 4) is 0 Å². The molecule has 6 nitrogen and oxygen atoms in total. The minimum Gasteiger partial charge on any atom is -0.481 e. The number of likely N-dealkylation sites (tertiary alicyclic amines) is 1. The van der Waals surface area contributed by atoms with Gasteiger partial charge in [0.15, 0.2) is 0 Å². The van der Waals surface area contributed by atoms with E-state index in [2.05, 4.69) is 9.97 Å². The second-order valence-corrected chi connectivity index (χ2v) is 5.62. The summed E-state index contributed by atoms with van der Waals surface area (Å²) < 4.78 is 0. The van der Waals surface area contributed by atoms with Crippen LogP contribution in [0.5, 0.6) is 0 Å². The number of aliphatic carboxylic acids is 1. The van der Waals surface area contributed by atoms with Gasteiger partial charge in [-0.3, -0.25) is 19.6 Å². The number of amides is 1. The Morgan fingerprint density at radius 3 is 2.70 bits per heavy atom. The van der Waals surface area contributed by atoms with Crippen molar-refractivity contribution in [2.75, 3.05) is 13.1 Å². The van der Waals surface area contributed by atoms with Gasteiger partial charge >= 0.3 is 5.97 Å². The molecule has 1 aliphatic carbocycles. The minimum absolute atomic E-state index is 0.0556. The highest BCUT2D eigenvalue weighted by Gasteiger charge is 2.46. The van der Waals surface area contributed by atoms with Gasteiger partial charge in [0.25, 0.3) is 0 Å². The average Bonchev–Trinajstić information content (AvgIpc) is 3.18. The molecule has 1 aliphatic heterocycles. The maximum absolute atomic E-state index is 12.2. The van der Waals surface area contributed by atoms with Crippen LogP contribution in [0, 0.1) is 17.8 Å². The fourth-order valence-corrected chi connectivity index (χ4v) is 2.98. The molecule has 1 saturated carbocycles. The molecule has 20 heavy (non-hydrogen) atoms. The highest BCUT2D eigenvalue weighted by Crippen LogP contribution is 2.44. The summed E-state index contributed by atoms with van der Waals surface area (Å²) in [6.45, 7) is 0.899. The van der Waals surface area contributed by atoms with E-state index in [-0.39, 0.29) is 18.2 Å². The molecule has 1 N–H and O–H groups in total. The largest absolute Gasteiger partial charge is 0.481 e. The molecule has 1 saturated heterocycles. The van der Waals surface area contributed by atoms with Gasteiger partial charge in [0.2, 0.25) is 5.91 Å². The standard InChI is InChI=1S/C14H17N3O3/c18-13(5-10-6-15-3-4-16-10)17-7-11(9-1-2-9)12(8-17)14(19)20/h3-4,6,9,11-12H,1-2,5,7-8H2,(H,19,20)/t11-,12+/m0/s1. The third-order valence-corrected chi connectivity index (χ3v) is 4.21. The molecule has 0 unspecified atom stereocenters. The van der Waals surface area contributed by atoms with Gasteiger partial charge in [-0.1, -0.05) is 0 Å². The van der Waals surface area contributed by atoms with Gasteiger partial charge in [0.05, 0.1) is 18.0 Å². The van der Waals surface area contributed by atoms with Crippen LogP contribution < -0.4 is 0 Å². The summed E-state index contributed by atoms with van der Waals surface area (Å²) in [4.78, 5) is 33.2. The number of aromatic nitrogens is 2. The molecule has 1 aromatic rings. The van der Waals surface area contributed by atoms with Gasteiger partial charge in [-0.2, -0.15) is 0 Å². The third-order valence-electron chi connectivity index (χ3n) is 4.21. The summed E-state index contributed by atoms with van der Waals surface area (Å²) in [6, 6.07) is 0.